The third-order valence-corrected chi connectivity index (χ3v) is 4.27. The van der Waals surface area contributed by atoms with E-state index in [1.54, 1.807) is 12.1 Å². The molecule has 5 heteroatoms. The lowest BCUT2D eigenvalue weighted by Gasteiger charge is -2.38. The Hall–Kier alpha value is -1.33. The molecule has 1 atom stereocenters. The molecule has 2 saturated heterocycles. The zero-order valence-corrected chi connectivity index (χ0v) is 11.8. The Labute approximate surface area is 118 Å². The van der Waals surface area contributed by atoms with Gasteiger partial charge in [0.25, 0.3) is 5.91 Å². The van der Waals surface area contributed by atoms with Gasteiger partial charge in [-0.25, -0.2) is 0 Å². The Morgan fingerprint density at radius 3 is 2.95 bits per heavy atom. The van der Waals surface area contributed by atoms with Crippen LogP contribution >= 0.6 is 0 Å². The first-order chi connectivity index (χ1) is 9.72. The van der Waals surface area contributed by atoms with E-state index in [2.05, 4.69) is 0 Å². The van der Waals surface area contributed by atoms with Gasteiger partial charge in [0.2, 0.25) is 0 Å². The summed E-state index contributed by atoms with van der Waals surface area (Å²) in [6.45, 7) is 4.86. The van der Waals surface area contributed by atoms with Crippen LogP contribution in [0, 0.1) is 0 Å². The number of carbonyl (C=O) groups excluding carboxylic acids is 1. The van der Waals surface area contributed by atoms with E-state index in [-0.39, 0.29) is 17.6 Å². The summed E-state index contributed by atoms with van der Waals surface area (Å²) in [5, 5.41) is 0. The Bertz CT molecular complexity index is 448. The second-order valence-corrected chi connectivity index (χ2v) is 5.54. The van der Waals surface area contributed by atoms with Gasteiger partial charge in [-0.1, -0.05) is 0 Å². The van der Waals surface area contributed by atoms with Crippen molar-refractivity contribution in [2.75, 3.05) is 26.3 Å². The number of nitrogens with zero attached hydrogens (tertiary/aromatic N) is 1. The van der Waals surface area contributed by atoms with Crippen molar-refractivity contribution in [3.05, 3.63) is 24.2 Å². The predicted molar refractivity (Wildman–Crippen MR) is 72.6 cm³/mol. The maximum Gasteiger partial charge on any atom is 0.289 e. The minimum atomic E-state index is -0.0836. The second kappa shape index (κ2) is 5.58. The summed E-state index contributed by atoms with van der Waals surface area (Å²) in [4.78, 5) is 14.0. The second-order valence-electron chi connectivity index (χ2n) is 5.54. The van der Waals surface area contributed by atoms with Gasteiger partial charge in [-0.2, -0.15) is 0 Å². The number of furan rings is 1. The topological polar surface area (TPSA) is 51.9 Å². The van der Waals surface area contributed by atoms with Crippen LogP contribution in [0.15, 0.2) is 22.8 Å². The Balaban J connectivity index is 1.56. The van der Waals surface area contributed by atoms with Crippen LogP contribution in [0.3, 0.4) is 0 Å². The van der Waals surface area contributed by atoms with Crippen molar-refractivity contribution in [1.29, 1.82) is 0 Å². The maximum absolute atomic E-state index is 12.2. The molecular weight excluding hydrogens is 258 g/mol. The molecule has 0 saturated carbocycles. The Morgan fingerprint density at radius 1 is 1.50 bits per heavy atom. The van der Waals surface area contributed by atoms with Crippen molar-refractivity contribution in [2.24, 2.45) is 0 Å². The molecule has 1 aromatic rings. The van der Waals surface area contributed by atoms with Crippen LogP contribution in [0.2, 0.25) is 0 Å². The van der Waals surface area contributed by atoms with Crippen LogP contribution < -0.4 is 0 Å². The zero-order chi connectivity index (χ0) is 14.0. The van der Waals surface area contributed by atoms with Crippen LogP contribution in [-0.2, 0) is 9.47 Å². The number of carbonyl (C=O) groups is 1. The Morgan fingerprint density at radius 2 is 2.30 bits per heavy atom. The van der Waals surface area contributed by atoms with E-state index in [4.69, 9.17) is 13.9 Å². The minimum Gasteiger partial charge on any atom is -0.459 e. The molecule has 3 heterocycles. The van der Waals surface area contributed by atoms with E-state index < -0.39 is 0 Å². The van der Waals surface area contributed by atoms with Gasteiger partial charge in [-0.05, 0) is 31.9 Å². The quantitative estimate of drug-likeness (QED) is 0.850. The molecule has 0 aromatic carbocycles. The lowest BCUT2D eigenvalue weighted by atomic mass is 9.88. The summed E-state index contributed by atoms with van der Waals surface area (Å²) in [7, 11) is 0. The molecule has 2 fully saturated rings. The van der Waals surface area contributed by atoms with E-state index in [0.717, 1.165) is 39.0 Å². The van der Waals surface area contributed by atoms with E-state index in [1.807, 2.05) is 11.8 Å². The number of likely N-dealkylation sites (tertiary alicyclic amines) is 1. The van der Waals surface area contributed by atoms with Crippen LogP contribution in [0.1, 0.15) is 36.7 Å². The number of amides is 1. The van der Waals surface area contributed by atoms with Crippen LogP contribution in [0.25, 0.3) is 0 Å². The molecule has 0 bridgehead atoms. The van der Waals surface area contributed by atoms with Gasteiger partial charge in [0.05, 0.1) is 24.6 Å². The molecule has 20 heavy (non-hydrogen) atoms. The van der Waals surface area contributed by atoms with Crippen LogP contribution in [0.4, 0.5) is 0 Å². The van der Waals surface area contributed by atoms with Crippen molar-refractivity contribution in [1.82, 2.24) is 4.90 Å². The van der Waals surface area contributed by atoms with Crippen LogP contribution in [-0.4, -0.2) is 48.8 Å². The molecule has 2 aliphatic heterocycles. The first-order valence-corrected chi connectivity index (χ1v) is 7.31. The van der Waals surface area contributed by atoms with Gasteiger partial charge in [0, 0.05) is 26.1 Å². The number of piperidine rings is 1. The van der Waals surface area contributed by atoms with Crippen molar-refractivity contribution in [2.45, 2.75) is 37.9 Å². The summed E-state index contributed by atoms with van der Waals surface area (Å²) in [5.74, 6) is 0.393. The van der Waals surface area contributed by atoms with Crippen molar-refractivity contribution < 1.29 is 18.7 Å². The normalized spacial score (nSPS) is 25.2. The molecule has 0 unspecified atom stereocenters. The molecule has 5 nitrogen and oxygen atoms in total. The molecule has 1 aromatic heterocycles. The fourth-order valence-corrected chi connectivity index (χ4v) is 3.17. The average Bonchev–Trinajstić information content (AvgIpc) is 3.10. The molecule has 2 aliphatic rings. The summed E-state index contributed by atoms with van der Waals surface area (Å²) in [5.41, 5.74) is -0.0836. The molecule has 1 amide bonds. The van der Waals surface area contributed by atoms with Gasteiger partial charge in [-0.3, -0.25) is 4.79 Å². The van der Waals surface area contributed by atoms with Gasteiger partial charge < -0.3 is 18.8 Å². The molecule has 110 valence electrons. The average molecular weight is 279 g/mol. The molecule has 0 N–H and O–H groups in total. The van der Waals surface area contributed by atoms with Crippen LogP contribution in [0.5, 0.6) is 0 Å². The number of hydrogen-bond donors (Lipinski definition) is 0. The van der Waals surface area contributed by atoms with E-state index >= 15 is 0 Å². The third kappa shape index (κ3) is 2.60. The summed E-state index contributed by atoms with van der Waals surface area (Å²) in [6.07, 6.45) is 4.45. The smallest absolute Gasteiger partial charge is 0.289 e. The van der Waals surface area contributed by atoms with Gasteiger partial charge in [0.1, 0.15) is 0 Å². The number of ether oxygens (including phenoxy) is 2. The molecule has 3 rings (SSSR count). The molecule has 0 radical (unpaired) electrons. The highest BCUT2D eigenvalue weighted by molar-refractivity contribution is 5.91. The third-order valence-electron chi connectivity index (χ3n) is 4.27. The van der Waals surface area contributed by atoms with Crippen molar-refractivity contribution in [3.8, 4) is 0 Å². The highest BCUT2D eigenvalue weighted by atomic mass is 16.6. The minimum absolute atomic E-state index is 0.0239. The lowest BCUT2D eigenvalue weighted by Crippen LogP contribution is -2.46. The first-order valence-electron chi connectivity index (χ1n) is 7.31. The molecule has 1 spiro atoms. The molecular formula is C15H21NO4. The lowest BCUT2D eigenvalue weighted by molar-refractivity contribution is -0.0411. The zero-order valence-electron chi connectivity index (χ0n) is 11.8. The maximum atomic E-state index is 12.2. The highest BCUT2D eigenvalue weighted by Crippen LogP contribution is 2.37. The van der Waals surface area contributed by atoms with Gasteiger partial charge in [0.15, 0.2) is 5.76 Å². The highest BCUT2D eigenvalue weighted by Gasteiger charge is 2.43. The Kier molecular flexibility index (Phi) is 3.81. The van der Waals surface area contributed by atoms with E-state index in [1.165, 1.54) is 6.26 Å². The predicted octanol–water partition coefficient (Wildman–Crippen LogP) is 2.08. The first kappa shape index (κ1) is 13.6. The van der Waals surface area contributed by atoms with Crippen molar-refractivity contribution in [3.63, 3.8) is 0 Å². The van der Waals surface area contributed by atoms with E-state index in [0.29, 0.717) is 12.4 Å². The summed E-state index contributed by atoms with van der Waals surface area (Å²) in [6, 6.07) is 3.45. The van der Waals surface area contributed by atoms with E-state index in [9.17, 15) is 4.79 Å². The van der Waals surface area contributed by atoms with Gasteiger partial charge in [-0.15, -0.1) is 0 Å². The summed E-state index contributed by atoms with van der Waals surface area (Å²) < 4.78 is 16.8. The largest absolute Gasteiger partial charge is 0.459 e. The monoisotopic (exact) mass is 279 g/mol. The SMILES string of the molecule is CCO[C@H]1COC2(CCN(C(=O)c3ccco3)CC2)C1. The fourth-order valence-electron chi connectivity index (χ4n) is 3.17. The standard InChI is InChI=1S/C15H21NO4/c1-2-18-12-10-15(20-11-12)5-7-16(8-6-15)14(17)13-4-3-9-19-13/h3-4,9,12H,2,5-8,10-11H2,1H3/t12-/m1/s1. The van der Waals surface area contributed by atoms with Crippen molar-refractivity contribution >= 4 is 5.91 Å². The summed E-state index contributed by atoms with van der Waals surface area (Å²) >= 11 is 0. The number of rotatable bonds is 3. The molecule has 0 aliphatic carbocycles. The number of hydrogen-bond acceptors (Lipinski definition) is 4. The fraction of sp³-hybridized carbons (Fsp3) is 0.667. The van der Waals surface area contributed by atoms with Gasteiger partial charge >= 0.3 is 0 Å².